The molecule has 0 unspecified atom stereocenters. The van der Waals surface area contributed by atoms with Gasteiger partial charge in [0.1, 0.15) is 23.8 Å². The summed E-state index contributed by atoms with van der Waals surface area (Å²) in [6.07, 6.45) is 1.63. The van der Waals surface area contributed by atoms with Crippen LogP contribution in [0.2, 0.25) is 0 Å². The molecule has 0 radical (unpaired) electrons. The Morgan fingerprint density at radius 1 is 0.943 bits per heavy atom. The Kier molecular flexibility index (Phi) is 9.14. The highest BCUT2D eigenvalue weighted by molar-refractivity contribution is 7.10. The SMILES string of the molecule is COc1ccc(OC[C@H](C)NC(=O)/C(=C/c2cccs2)NC(=O)c2ccc(OC)c(OC)c2)cc1. The van der Waals surface area contributed by atoms with Gasteiger partial charge in [-0.05, 0) is 66.9 Å². The monoisotopic (exact) mass is 496 g/mol. The van der Waals surface area contributed by atoms with Gasteiger partial charge < -0.3 is 29.6 Å². The van der Waals surface area contributed by atoms with Crippen molar-refractivity contribution in [3.63, 3.8) is 0 Å². The Morgan fingerprint density at radius 2 is 1.66 bits per heavy atom. The van der Waals surface area contributed by atoms with E-state index < -0.39 is 11.8 Å². The Morgan fingerprint density at radius 3 is 2.29 bits per heavy atom. The van der Waals surface area contributed by atoms with Crippen LogP contribution in [-0.4, -0.2) is 45.8 Å². The van der Waals surface area contributed by atoms with Gasteiger partial charge in [-0.1, -0.05) is 6.07 Å². The van der Waals surface area contributed by atoms with E-state index in [0.29, 0.717) is 22.8 Å². The van der Waals surface area contributed by atoms with Gasteiger partial charge in [0.2, 0.25) is 0 Å². The van der Waals surface area contributed by atoms with E-state index in [9.17, 15) is 9.59 Å². The summed E-state index contributed by atoms with van der Waals surface area (Å²) in [6.45, 7) is 2.06. The van der Waals surface area contributed by atoms with Crippen LogP contribution in [0.25, 0.3) is 6.08 Å². The third kappa shape index (κ3) is 7.25. The van der Waals surface area contributed by atoms with Crippen LogP contribution in [0.1, 0.15) is 22.2 Å². The van der Waals surface area contributed by atoms with Crippen molar-refractivity contribution in [1.29, 1.82) is 0 Å². The van der Waals surface area contributed by atoms with Crippen molar-refractivity contribution in [2.24, 2.45) is 0 Å². The number of carbonyl (C=O) groups excluding carboxylic acids is 2. The number of methoxy groups -OCH3 is 3. The fraction of sp³-hybridized carbons (Fsp3) is 0.231. The lowest BCUT2D eigenvalue weighted by atomic mass is 10.1. The van der Waals surface area contributed by atoms with Crippen molar-refractivity contribution < 1.29 is 28.5 Å². The van der Waals surface area contributed by atoms with Crippen LogP contribution in [0.4, 0.5) is 0 Å². The summed E-state index contributed by atoms with van der Waals surface area (Å²) in [7, 11) is 4.60. The highest BCUT2D eigenvalue weighted by Gasteiger charge is 2.18. The highest BCUT2D eigenvalue weighted by Crippen LogP contribution is 2.27. The molecule has 1 heterocycles. The largest absolute Gasteiger partial charge is 0.497 e. The van der Waals surface area contributed by atoms with Crippen LogP contribution in [0, 0.1) is 0 Å². The lowest BCUT2D eigenvalue weighted by Crippen LogP contribution is -2.41. The first-order chi connectivity index (χ1) is 16.9. The molecule has 35 heavy (non-hydrogen) atoms. The van der Waals surface area contributed by atoms with E-state index in [4.69, 9.17) is 18.9 Å². The van der Waals surface area contributed by atoms with Crippen molar-refractivity contribution >= 4 is 29.2 Å². The molecule has 0 aliphatic carbocycles. The van der Waals surface area contributed by atoms with Crippen molar-refractivity contribution in [3.8, 4) is 23.0 Å². The fourth-order valence-corrected chi connectivity index (χ4v) is 3.74. The van der Waals surface area contributed by atoms with Gasteiger partial charge in [-0.3, -0.25) is 9.59 Å². The minimum atomic E-state index is -0.453. The van der Waals surface area contributed by atoms with Crippen LogP contribution in [-0.2, 0) is 4.79 Å². The summed E-state index contributed by atoms with van der Waals surface area (Å²) >= 11 is 1.45. The summed E-state index contributed by atoms with van der Waals surface area (Å²) in [5.41, 5.74) is 0.437. The number of thiophene rings is 1. The van der Waals surface area contributed by atoms with Crippen molar-refractivity contribution in [1.82, 2.24) is 10.6 Å². The summed E-state index contributed by atoms with van der Waals surface area (Å²) < 4.78 is 21.4. The van der Waals surface area contributed by atoms with Gasteiger partial charge in [0, 0.05) is 10.4 Å². The van der Waals surface area contributed by atoms with Gasteiger partial charge in [0.25, 0.3) is 11.8 Å². The summed E-state index contributed by atoms with van der Waals surface area (Å²) in [4.78, 5) is 26.8. The first kappa shape index (κ1) is 25.6. The molecule has 0 saturated heterocycles. The molecule has 2 N–H and O–H groups in total. The van der Waals surface area contributed by atoms with E-state index in [1.54, 1.807) is 55.7 Å². The number of benzene rings is 2. The average molecular weight is 497 g/mol. The molecule has 0 saturated carbocycles. The van der Waals surface area contributed by atoms with E-state index in [0.717, 1.165) is 10.6 Å². The van der Waals surface area contributed by atoms with Gasteiger partial charge >= 0.3 is 0 Å². The second kappa shape index (κ2) is 12.5. The molecule has 2 aromatic carbocycles. The minimum Gasteiger partial charge on any atom is -0.497 e. The van der Waals surface area contributed by atoms with Crippen LogP contribution in [0.15, 0.2) is 65.7 Å². The number of carbonyl (C=O) groups is 2. The molecule has 1 aromatic heterocycles. The normalized spacial score (nSPS) is 11.8. The van der Waals surface area contributed by atoms with Crippen molar-refractivity contribution in [3.05, 3.63) is 76.1 Å². The Bertz CT molecular complexity index is 1160. The van der Waals surface area contributed by atoms with Gasteiger partial charge in [-0.15, -0.1) is 11.3 Å². The number of ether oxygens (including phenoxy) is 4. The molecule has 0 bridgehead atoms. The molecule has 1 atom stereocenters. The maximum absolute atomic E-state index is 13.1. The summed E-state index contributed by atoms with van der Waals surface area (Å²) in [6, 6.07) is 15.4. The molecule has 184 valence electrons. The van der Waals surface area contributed by atoms with E-state index in [-0.39, 0.29) is 18.3 Å². The summed E-state index contributed by atoms with van der Waals surface area (Å²) in [5.74, 6) is 1.42. The molecule has 8 nitrogen and oxygen atoms in total. The minimum absolute atomic E-state index is 0.114. The smallest absolute Gasteiger partial charge is 0.268 e. The van der Waals surface area contributed by atoms with Gasteiger partial charge in [-0.25, -0.2) is 0 Å². The molecule has 0 spiro atoms. The van der Waals surface area contributed by atoms with E-state index in [2.05, 4.69) is 10.6 Å². The highest BCUT2D eigenvalue weighted by atomic mass is 32.1. The second-order valence-corrected chi connectivity index (χ2v) is 8.44. The first-order valence-corrected chi connectivity index (χ1v) is 11.7. The van der Waals surface area contributed by atoms with Crippen molar-refractivity contribution in [2.75, 3.05) is 27.9 Å². The zero-order valence-corrected chi connectivity index (χ0v) is 20.8. The lowest BCUT2D eigenvalue weighted by Gasteiger charge is -2.17. The molecular formula is C26H28N2O6S. The second-order valence-electron chi connectivity index (χ2n) is 7.46. The average Bonchev–Trinajstić information content (AvgIpc) is 3.40. The topological polar surface area (TPSA) is 95.1 Å². The molecule has 0 fully saturated rings. The molecular weight excluding hydrogens is 468 g/mol. The Balaban J connectivity index is 1.69. The van der Waals surface area contributed by atoms with Crippen LogP contribution in [0.5, 0.6) is 23.0 Å². The van der Waals surface area contributed by atoms with Crippen LogP contribution >= 0.6 is 11.3 Å². The number of rotatable bonds is 11. The van der Waals surface area contributed by atoms with Gasteiger partial charge in [0.15, 0.2) is 11.5 Å². The standard InChI is InChI=1S/C26H28N2O6S/c1-17(16-34-20-10-8-19(31-2)9-11-20)27-26(30)22(15-21-6-5-13-35-21)28-25(29)18-7-12-23(32-3)24(14-18)33-4/h5-15,17H,16H2,1-4H3,(H,27,30)(H,28,29)/b22-15-/t17-/m0/s1. The van der Waals surface area contributed by atoms with E-state index in [1.807, 2.05) is 24.4 Å². The predicted molar refractivity (Wildman–Crippen MR) is 135 cm³/mol. The summed E-state index contributed by atoms with van der Waals surface area (Å²) in [5, 5.41) is 7.48. The molecule has 3 rings (SSSR count). The fourth-order valence-electron chi connectivity index (χ4n) is 3.08. The maximum Gasteiger partial charge on any atom is 0.268 e. The van der Waals surface area contributed by atoms with Crippen molar-refractivity contribution in [2.45, 2.75) is 13.0 Å². The zero-order chi connectivity index (χ0) is 25.2. The van der Waals surface area contributed by atoms with E-state index in [1.165, 1.54) is 25.6 Å². The lowest BCUT2D eigenvalue weighted by molar-refractivity contribution is -0.118. The molecule has 0 aliphatic rings. The number of amides is 2. The predicted octanol–water partition coefficient (Wildman–Crippen LogP) is 4.13. The first-order valence-electron chi connectivity index (χ1n) is 10.8. The molecule has 2 amide bonds. The quantitative estimate of drug-likeness (QED) is 0.388. The van der Waals surface area contributed by atoms with Crippen LogP contribution in [0.3, 0.4) is 0 Å². The maximum atomic E-state index is 13.1. The molecule has 3 aromatic rings. The zero-order valence-electron chi connectivity index (χ0n) is 20.0. The third-order valence-electron chi connectivity index (χ3n) is 4.91. The molecule has 9 heteroatoms. The Hall–Kier alpha value is -3.98. The number of hydrogen-bond acceptors (Lipinski definition) is 7. The molecule has 0 aliphatic heterocycles. The van der Waals surface area contributed by atoms with Gasteiger partial charge in [0.05, 0.1) is 27.4 Å². The van der Waals surface area contributed by atoms with E-state index >= 15 is 0 Å². The number of hydrogen-bond donors (Lipinski definition) is 2. The van der Waals surface area contributed by atoms with Crippen LogP contribution < -0.4 is 29.6 Å². The Labute approximate surface area is 208 Å². The number of nitrogens with one attached hydrogen (secondary N) is 2. The van der Waals surface area contributed by atoms with Gasteiger partial charge in [-0.2, -0.15) is 0 Å². The third-order valence-corrected chi connectivity index (χ3v) is 5.72.